The largest absolute Gasteiger partial charge is 0.481 e. The van der Waals surface area contributed by atoms with Crippen molar-refractivity contribution in [2.45, 2.75) is 122 Å². The molecule has 0 unspecified atom stereocenters. The molecule has 4 N–H and O–H groups in total. The number of aliphatic carboxylic acids is 2. The molecule has 0 aromatic heterocycles. The third-order valence-corrected chi connectivity index (χ3v) is 4.61. The summed E-state index contributed by atoms with van der Waals surface area (Å²) >= 11 is 0. The lowest BCUT2D eigenvalue weighted by Crippen LogP contribution is -2.00. The number of rotatable bonds is 19. The average Bonchev–Trinajstić information content (AvgIpc) is 2.64. The molecule has 0 bridgehead atoms. The first-order chi connectivity index (χ1) is 13.0. The highest BCUT2D eigenvalue weighted by atomic mass is 16.4. The van der Waals surface area contributed by atoms with E-state index in [1.165, 1.54) is 103 Å². The van der Waals surface area contributed by atoms with Crippen molar-refractivity contribution < 1.29 is 19.8 Å². The molecule has 0 heterocycles. The van der Waals surface area contributed by atoms with Gasteiger partial charge in [-0.05, 0) is 13.0 Å². The Hall–Kier alpha value is -1.10. The fraction of sp³-hybridized carbons (Fsp3) is 0.909. The van der Waals surface area contributed by atoms with E-state index in [0.717, 1.165) is 6.54 Å². The molecule has 162 valence electrons. The van der Waals surface area contributed by atoms with Gasteiger partial charge in [-0.15, -0.1) is 0 Å². The summed E-state index contributed by atoms with van der Waals surface area (Å²) in [7, 11) is 0. The summed E-state index contributed by atoms with van der Waals surface area (Å²) in [4.78, 5) is 19.3. The molecule has 0 radical (unpaired) electrons. The van der Waals surface area contributed by atoms with Crippen molar-refractivity contribution in [3.8, 4) is 0 Å². The molecule has 0 saturated heterocycles. The summed E-state index contributed by atoms with van der Waals surface area (Å²) in [5.41, 5.74) is 5.48. The minimum Gasteiger partial charge on any atom is -0.481 e. The van der Waals surface area contributed by atoms with Gasteiger partial charge in [0.05, 0.1) is 12.8 Å². The highest BCUT2D eigenvalue weighted by Crippen LogP contribution is 2.13. The quantitative estimate of drug-likeness (QED) is 0.231. The molecule has 0 atom stereocenters. The molecular weight excluding hydrogens is 342 g/mol. The van der Waals surface area contributed by atoms with E-state index in [1.807, 2.05) is 0 Å². The smallest absolute Gasteiger partial charge is 0.303 e. The molecular formula is C22H45NO4. The van der Waals surface area contributed by atoms with Gasteiger partial charge >= 0.3 is 11.9 Å². The first kappa shape index (κ1) is 28.1. The van der Waals surface area contributed by atoms with E-state index in [1.54, 1.807) is 0 Å². The monoisotopic (exact) mass is 387 g/mol. The van der Waals surface area contributed by atoms with Crippen LogP contribution in [0.15, 0.2) is 0 Å². The van der Waals surface area contributed by atoms with E-state index in [0.29, 0.717) is 0 Å². The highest BCUT2D eigenvalue weighted by Gasteiger charge is 2.00. The second-order valence-electron chi connectivity index (χ2n) is 7.38. The third-order valence-electron chi connectivity index (χ3n) is 4.61. The van der Waals surface area contributed by atoms with Crippen molar-refractivity contribution in [1.82, 2.24) is 0 Å². The van der Waals surface area contributed by atoms with Gasteiger partial charge in [-0.25, -0.2) is 0 Å². The van der Waals surface area contributed by atoms with Crippen LogP contribution in [0.4, 0.5) is 0 Å². The molecule has 5 nitrogen and oxygen atoms in total. The minimum absolute atomic E-state index is 0.296. The standard InChI is InChI=1S/C18H39N.C4H6O4/c1-2-3-4-5-6-7-8-9-10-11-12-13-14-15-16-17-18-19;5-3(6)1-2-4(7)8/h2-19H2,1H3;1-2H2,(H,5,6)(H,7,8). The Labute approximate surface area is 167 Å². The third kappa shape index (κ3) is 33.0. The number of carboxylic acid groups (broad SMARTS) is 2. The molecule has 0 aromatic carbocycles. The van der Waals surface area contributed by atoms with Crippen LogP contribution in [0.1, 0.15) is 122 Å². The van der Waals surface area contributed by atoms with Gasteiger partial charge in [-0.2, -0.15) is 0 Å². The maximum atomic E-state index is 9.64. The van der Waals surface area contributed by atoms with Crippen LogP contribution >= 0.6 is 0 Å². The van der Waals surface area contributed by atoms with Crippen LogP contribution in [0.2, 0.25) is 0 Å². The normalized spacial score (nSPS) is 10.3. The second-order valence-corrected chi connectivity index (χ2v) is 7.38. The van der Waals surface area contributed by atoms with Gasteiger partial charge in [0.25, 0.3) is 0 Å². The number of nitrogens with two attached hydrogens (primary N) is 1. The number of carboxylic acids is 2. The number of hydrogen-bond acceptors (Lipinski definition) is 3. The highest BCUT2D eigenvalue weighted by molar-refractivity contribution is 5.75. The van der Waals surface area contributed by atoms with Crippen LogP contribution in [0.3, 0.4) is 0 Å². The van der Waals surface area contributed by atoms with Crippen LogP contribution in [-0.2, 0) is 9.59 Å². The molecule has 5 heteroatoms. The van der Waals surface area contributed by atoms with E-state index < -0.39 is 11.9 Å². The summed E-state index contributed by atoms with van der Waals surface area (Å²) in [6.07, 6.45) is 22.3. The first-order valence-electron chi connectivity index (χ1n) is 11.2. The first-order valence-corrected chi connectivity index (χ1v) is 11.2. The zero-order valence-electron chi connectivity index (χ0n) is 17.7. The Morgan fingerprint density at radius 1 is 0.556 bits per heavy atom. The summed E-state index contributed by atoms with van der Waals surface area (Å²) in [6.45, 7) is 3.16. The van der Waals surface area contributed by atoms with Gasteiger partial charge in [0.15, 0.2) is 0 Å². The van der Waals surface area contributed by atoms with Crippen molar-refractivity contribution in [2.24, 2.45) is 5.73 Å². The van der Waals surface area contributed by atoms with Crippen LogP contribution < -0.4 is 5.73 Å². The van der Waals surface area contributed by atoms with Gasteiger partial charge in [-0.1, -0.05) is 103 Å². The van der Waals surface area contributed by atoms with E-state index >= 15 is 0 Å². The SMILES string of the molecule is CCCCCCCCCCCCCCCCCCN.O=C(O)CCC(=O)O. The predicted octanol–water partition coefficient (Wildman–Crippen LogP) is 6.14. The van der Waals surface area contributed by atoms with Crippen molar-refractivity contribution in [1.29, 1.82) is 0 Å². The Bertz CT molecular complexity index is 291. The van der Waals surface area contributed by atoms with Crippen molar-refractivity contribution in [3.63, 3.8) is 0 Å². The van der Waals surface area contributed by atoms with E-state index in [2.05, 4.69) is 6.92 Å². The average molecular weight is 388 g/mol. The molecule has 0 aliphatic rings. The van der Waals surface area contributed by atoms with Gasteiger partial charge in [-0.3, -0.25) is 9.59 Å². The van der Waals surface area contributed by atoms with Crippen molar-refractivity contribution in [2.75, 3.05) is 6.54 Å². The van der Waals surface area contributed by atoms with E-state index in [9.17, 15) is 9.59 Å². The maximum Gasteiger partial charge on any atom is 0.303 e. The zero-order chi connectivity index (χ0) is 20.6. The second kappa shape index (κ2) is 24.9. The maximum absolute atomic E-state index is 9.64. The van der Waals surface area contributed by atoms with Crippen molar-refractivity contribution in [3.05, 3.63) is 0 Å². The molecule has 0 rings (SSSR count). The molecule has 0 aliphatic heterocycles. The number of hydrogen-bond donors (Lipinski definition) is 3. The van der Waals surface area contributed by atoms with Crippen LogP contribution in [0.5, 0.6) is 0 Å². The minimum atomic E-state index is -1.08. The van der Waals surface area contributed by atoms with E-state index in [-0.39, 0.29) is 12.8 Å². The molecule has 0 amide bonds. The zero-order valence-corrected chi connectivity index (χ0v) is 17.7. The fourth-order valence-corrected chi connectivity index (χ4v) is 2.91. The molecule has 0 fully saturated rings. The van der Waals surface area contributed by atoms with Gasteiger partial charge in [0.1, 0.15) is 0 Å². The molecule has 0 aliphatic carbocycles. The summed E-state index contributed by atoms with van der Waals surface area (Å²) in [5.74, 6) is -2.15. The molecule has 0 saturated carbocycles. The lowest BCUT2D eigenvalue weighted by Gasteiger charge is -2.03. The number of carbonyl (C=O) groups is 2. The summed E-state index contributed by atoms with van der Waals surface area (Å²) in [6, 6.07) is 0. The molecule has 0 spiro atoms. The van der Waals surface area contributed by atoms with Crippen LogP contribution in [0, 0.1) is 0 Å². The lowest BCUT2D eigenvalue weighted by molar-refractivity contribution is -0.143. The van der Waals surface area contributed by atoms with Gasteiger partial charge in [0.2, 0.25) is 0 Å². The van der Waals surface area contributed by atoms with Crippen LogP contribution in [0.25, 0.3) is 0 Å². The Morgan fingerprint density at radius 3 is 1.04 bits per heavy atom. The summed E-state index contributed by atoms with van der Waals surface area (Å²) < 4.78 is 0. The Balaban J connectivity index is 0. The lowest BCUT2D eigenvalue weighted by atomic mass is 10.0. The fourth-order valence-electron chi connectivity index (χ4n) is 2.91. The van der Waals surface area contributed by atoms with E-state index in [4.69, 9.17) is 15.9 Å². The Kier molecular flexibility index (Phi) is 25.9. The van der Waals surface area contributed by atoms with Gasteiger partial charge in [0, 0.05) is 0 Å². The van der Waals surface area contributed by atoms with Crippen LogP contribution in [-0.4, -0.2) is 28.7 Å². The summed E-state index contributed by atoms with van der Waals surface area (Å²) in [5, 5.41) is 15.8. The van der Waals surface area contributed by atoms with Crippen molar-refractivity contribution >= 4 is 11.9 Å². The Morgan fingerprint density at radius 2 is 0.815 bits per heavy atom. The predicted molar refractivity (Wildman–Crippen MR) is 113 cm³/mol. The topological polar surface area (TPSA) is 101 Å². The molecule has 0 aromatic rings. The van der Waals surface area contributed by atoms with Gasteiger partial charge < -0.3 is 15.9 Å². The number of unbranched alkanes of at least 4 members (excludes halogenated alkanes) is 15. The molecule has 27 heavy (non-hydrogen) atoms.